The van der Waals surface area contributed by atoms with Crippen molar-refractivity contribution < 1.29 is 9.84 Å². The average molecular weight is 386 g/mol. The van der Waals surface area contributed by atoms with Crippen LogP contribution in [-0.4, -0.2) is 71.6 Å². The third-order valence-corrected chi connectivity index (χ3v) is 6.19. The molecule has 2 aliphatic rings. The fraction of sp³-hybridized carbons (Fsp3) is 0.619. The van der Waals surface area contributed by atoms with Crippen molar-refractivity contribution >= 4 is 16.6 Å². The Morgan fingerprint density at radius 1 is 1.18 bits per heavy atom. The molecule has 1 aromatic heterocycles. The molecule has 28 heavy (non-hydrogen) atoms. The highest BCUT2D eigenvalue weighted by Gasteiger charge is 2.30. The Labute approximate surface area is 165 Å². The maximum absolute atomic E-state index is 12.6. The smallest absolute Gasteiger partial charge is 0.261 e. The molecule has 1 saturated heterocycles. The molecule has 1 aromatic carbocycles. The Kier molecular flexibility index (Phi) is 5.94. The van der Waals surface area contributed by atoms with Crippen molar-refractivity contribution in [2.75, 3.05) is 44.8 Å². The summed E-state index contributed by atoms with van der Waals surface area (Å²) < 4.78 is 6.65. The number of ether oxygens (including phenoxy) is 1. The molecule has 0 bridgehead atoms. The number of nitrogens with zero attached hydrogens (tertiary/aromatic N) is 4. The minimum absolute atomic E-state index is 0.0234. The van der Waals surface area contributed by atoms with E-state index in [-0.39, 0.29) is 11.7 Å². The maximum Gasteiger partial charge on any atom is 0.261 e. The van der Waals surface area contributed by atoms with Gasteiger partial charge in [0.1, 0.15) is 0 Å². The summed E-state index contributed by atoms with van der Waals surface area (Å²) in [6.07, 6.45) is 5.84. The molecule has 2 aromatic rings. The Bertz CT molecular complexity index is 860. The zero-order chi connectivity index (χ0) is 19.5. The number of piperazine rings is 1. The van der Waals surface area contributed by atoms with Gasteiger partial charge in [-0.1, -0.05) is 12.8 Å². The van der Waals surface area contributed by atoms with Crippen LogP contribution >= 0.6 is 0 Å². The number of benzene rings is 1. The predicted molar refractivity (Wildman–Crippen MR) is 110 cm³/mol. The van der Waals surface area contributed by atoms with Crippen LogP contribution in [0.15, 0.2) is 29.3 Å². The first kappa shape index (κ1) is 19.4. The molecule has 0 spiro atoms. The molecule has 0 radical (unpaired) electrons. The lowest BCUT2D eigenvalue weighted by Crippen LogP contribution is -2.54. The Hall–Kier alpha value is -1.96. The van der Waals surface area contributed by atoms with E-state index >= 15 is 0 Å². The van der Waals surface area contributed by atoms with Crippen molar-refractivity contribution in [3.63, 3.8) is 0 Å². The molecule has 1 aliphatic heterocycles. The molecule has 152 valence electrons. The van der Waals surface area contributed by atoms with Crippen LogP contribution in [0.4, 0.5) is 5.69 Å². The molecule has 1 saturated carbocycles. The van der Waals surface area contributed by atoms with Crippen LogP contribution in [0.25, 0.3) is 10.9 Å². The van der Waals surface area contributed by atoms with E-state index < -0.39 is 0 Å². The van der Waals surface area contributed by atoms with Gasteiger partial charge in [-0.3, -0.25) is 14.3 Å². The lowest BCUT2D eigenvalue weighted by molar-refractivity contribution is 0.0173. The summed E-state index contributed by atoms with van der Waals surface area (Å²) in [7, 11) is 1.63. The van der Waals surface area contributed by atoms with Crippen molar-refractivity contribution in [2.24, 2.45) is 0 Å². The van der Waals surface area contributed by atoms with Crippen molar-refractivity contribution in [1.82, 2.24) is 14.5 Å². The first-order valence-corrected chi connectivity index (χ1v) is 10.3. The number of hydrogen-bond donors (Lipinski definition) is 1. The molecule has 0 amide bonds. The molecule has 1 N–H and O–H groups in total. The highest BCUT2D eigenvalue weighted by Crippen LogP contribution is 2.26. The van der Waals surface area contributed by atoms with Gasteiger partial charge < -0.3 is 14.7 Å². The zero-order valence-corrected chi connectivity index (χ0v) is 16.6. The number of aromatic nitrogens is 2. The Morgan fingerprint density at radius 2 is 1.96 bits per heavy atom. The molecule has 7 nitrogen and oxygen atoms in total. The summed E-state index contributed by atoms with van der Waals surface area (Å²) in [5, 5.41) is 11.0. The fourth-order valence-electron chi connectivity index (χ4n) is 4.52. The Balaban J connectivity index is 1.46. The summed E-state index contributed by atoms with van der Waals surface area (Å²) in [6, 6.07) is 6.25. The van der Waals surface area contributed by atoms with Gasteiger partial charge in [0.15, 0.2) is 0 Å². The van der Waals surface area contributed by atoms with Gasteiger partial charge in [-0.2, -0.15) is 0 Å². The largest absolute Gasteiger partial charge is 0.391 e. The summed E-state index contributed by atoms with van der Waals surface area (Å²) in [6.45, 7) is 4.79. The number of fused-ring (bicyclic) bond motifs is 1. The van der Waals surface area contributed by atoms with Gasteiger partial charge in [0.2, 0.25) is 0 Å². The van der Waals surface area contributed by atoms with E-state index in [9.17, 15) is 9.90 Å². The molecular weight excluding hydrogens is 356 g/mol. The molecule has 2 atom stereocenters. The van der Waals surface area contributed by atoms with E-state index in [1.54, 1.807) is 18.0 Å². The third-order valence-electron chi connectivity index (χ3n) is 6.19. The van der Waals surface area contributed by atoms with Gasteiger partial charge in [0.05, 0.1) is 36.5 Å². The van der Waals surface area contributed by atoms with Crippen molar-refractivity contribution in [1.29, 1.82) is 0 Å². The van der Waals surface area contributed by atoms with E-state index in [0.717, 1.165) is 56.6 Å². The number of aliphatic hydroxyl groups excluding tert-OH is 1. The maximum atomic E-state index is 12.6. The third kappa shape index (κ3) is 3.92. The highest BCUT2D eigenvalue weighted by molar-refractivity contribution is 5.81. The molecule has 1 aliphatic carbocycles. The van der Waals surface area contributed by atoms with Crippen molar-refractivity contribution in [3.8, 4) is 0 Å². The van der Waals surface area contributed by atoms with Crippen LogP contribution in [0.5, 0.6) is 0 Å². The monoisotopic (exact) mass is 386 g/mol. The lowest BCUT2D eigenvalue weighted by atomic mass is 9.91. The van der Waals surface area contributed by atoms with Gasteiger partial charge >= 0.3 is 0 Å². The van der Waals surface area contributed by atoms with Crippen molar-refractivity contribution in [2.45, 2.75) is 44.4 Å². The number of methoxy groups -OCH3 is 1. The Morgan fingerprint density at radius 3 is 2.71 bits per heavy atom. The normalized spacial score (nSPS) is 24.0. The molecule has 2 heterocycles. The van der Waals surface area contributed by atoms with Crippen LogP contribution in [0.3, 0.4) is 0 Å². The lowest BCUT2D eigenvalue weighted by Gasteiger charge is -2.43. The molecular formula is C21H30N4O3. The number of aliphatic hydroxyl groups is 1. The van der Waals surface area contributed by atoms with Crippen LogP contribution in [0, 0.1) is 0 Å². The zero-order valence-electron chi connectivity index (χ0n) is 16.6. The van der Waals surface area contributed by atoms with E-state index in [4.69, 9.17) is 4.74 Å². The molecule has 4 rings (SSSR count). The number of hydrogen-bond acceptors (Lipinski definition) is 6. The van der Waals surface area contributed by atoms with Gasteiger partial charge in [0, 0.05) is 45.0 Å². The second-order valence-corrected chi connectivity index (χ2v) is 7.88. The van der Waals surface area contributed by atoms with Crippen LogP contribution in [-0.2, 0) is 11.3 Å². The van der Waals surface area contributed by atoms with E-state index in [1.165, 1.54) is 6.42 Å². The van der Waals surface area contributed by atoms with Crippen LogP contribution in [0.1, 0.15) is 25.7 Å². The van der Waals surface area contributed by atoms with E-state index in [1.807, 2.05) is 18.2 Å². The summed E-state index contributed by atoms with van der Waals surface area (Å²) in [5.41, 5.74) is 1.82. The highest BCUT2D eigenvalue weighted by atomic mass is 16.5. The average Bonchev–Trinajstić information content (AvgIpc) is 2.74. The summed E-state index contributed by atoms with van der Waals surface area (Å²) >= 11 is 0. The fourth-order valence-corrected chi connectivity index (χ4v) is 4.52. The number of anilines is 1. The van der Waals surface area contributed by atoms with Gasteiger partial charge in [0.25, 0.3) is 5.56 Å². The topological polar surface area (TPSA) is 70.8 Å². The van der Waals surface area contributed by atoms with Crippen molar-refractivity contribution in [3.05, 3.63) is 34.9 Å². The molecule has 2 unspecified atom stereocenters. The minimum atomic E-state index is -0.176. The van der Waals surface area contributed by atoms with Crippen LogP contribution in [0.2, 0.25) is 0 Å². The van der Waals surface area contributed by atoms with Crippen LogP contribution < -0.4 is 10.5 Å². The number of rotatable bonds is 5. The molecule has 7 heteroatoms. The van der Waals surface area contributed by atoms with Gasteiger partial charge in [-0.15, -0.1) is 0 Å². The molecule has 2 fully saturated rings. The predicted octanol–water partition coefficient (Wildman–Crippen LogP) is 1.47. The standard InChI is InChI=1S/C21H30N4O3/c1-28-13-12-25-15-22-18-14-16(6-7-17(18)21(25)27)23-8-10-24(11-9-23)19-4-2-3-5-20(19)26/h6-7,14-15,19-20,26H,2-5,8-13H2,1H3. The SMILES string of the molecule is COCCn1cnc2cc(N3CCN(C4CCCCC4O)CC3)ccc2c1=O. The second kappa shape index (κ2) is 8.59. The second-order valence-electron chi connectivity index (χ2n) is 7.88. The minimum Gasteiger partial charge on any atom is -0.391 e. The summed E-state index contributed by atoms with van der Waals surface area (Å²) in [4.78, 5) is 21.9. The summed E-state index contributed by atoms with van der Waals surface area (Å²) in [5.74, 6) is 0. The van der Waals surface area contributed by atoms with Gasteiger partial charge in [-0.05, 0) is 31.0 Å². The first-order chi connectivity index (χ1) is 13.7. The van der Waals surface area contributed by atoms with E-state index in [0.29, 0.717) is 24.6 Å². The van der Waals surface area contributed by atoms with E-state index in [2.05, 4.69) is 14.8 Å². The quantitative estimate of drug-likeness (QED) is 0.839. The van der Waals surface area contributed by atoms with Gasteiger partial charge in [-0.25, -0.2) is 4.98 Å². The first-order valence-electron chi connectivity index (χ1n) is 10.3.